The minimum atomic E-state index is -0.266. The SMILES string of the molecule is COc1ccc(-c2cc(C(=O)Nc3cc(Cl)ccc3C)[n+](C)[nH]2)cc1O. The van der Waals surface area contributed by atoms with E-state index in [0.717, 1.165) is 11.1 Å². The number of methoxy groups -OCH3 is 1. The van der Waals surface area contributed by atoms with Crippen LogP contribution in [0.3, 0.4) is 0 Å². The zero-order valence-electron chi connectivity index (χ0n) is 14.6. The van der Waals surface area contributed by atoms with Crippen molar-refractivity contribution in [2.24, 2.45) is 7.05 Å². The van der Waals surface area contributed by atoms with Gasteiger partial charge in [0.25, 0.3) is 5.69 Å². The monoisotopic (exact) mass is 372 g/mol. The number of aromatic nitrogens is 2. The Labute approximate surface area is 156 Å². The van der Waals surface area contributed by atoms with Gasteiger partial charge in [-0.25, -0.2) is 0 Å². The number of aryl methyl sites for hydroxylation is 2. The summed E-state index contributed by atoms with van der Waals surface area (Å²) in [6.45, 7) is 1.90. The smallest absolute Gasteiger partial charge is 0.322 e. The number of aromatic hydroxyl groups is 1. The van der Waals surface area contributed by atoms with Crippen LogP contribution < -0.4 is 14.7 Å². The number of nitrogens with zero attached hydrogens (tertiary/aromatic N) is 1. The van der Waals surface area contributed by atoms with E-state index in [1.807, 2.05) is 13.0 Å². The molecule has 0 bridgehead atoms. The lowest BCUT2D eigenvalue weighted by atomic mass is 10.1. The molecule has 0 saturated carbocycles. The normalized spacial score (nSPS) is 10.6. The van der Waals surface area contributed by atoms with Gasteiger partial charge in [-0.3, -0.25) is 4.79 Å². The van der Waals surface area contributed by atoms with Crippen molar-refractivity contribution < 1.29 is 19.3 Å². The first-order valence-electron chi connectivity index (χ1n) is 7.93. The average Bonchev–Trinajstić information content (AvgIpc) is 3.00. The van der Waals surface area contributed by atoms with Crippen LogP contribution in [-0.2, 0) is 7.05 Å². The molecule has 0 atom stereocenters. The van der Waals surface area contributed by atoms with Gasteiger partial charge in [-0.15, -0.1) is 4.68 Å². The number of benzene rings is 2. The molecule has 0 saturated heterocycles. The van der Waals surface area contributed by atoms with E-state index in [2.05, 4.69) is 10.4 Å². The molecule has 0 unspecified atom stereocenters. The minimum absolute atomic E-state index is 0.0304. The number of rotatable bonds is 4. The van der Waals surface area contributed by atoms with Gasteiger partial charge >= 0.3 is 5.91 Å². The predicted octanol–water partition coefficient (Wildman–Crippen LogP) is 3.43. The summed E-state index contributed by atoms with van der Waals surface area (Å²) in [7, 11) is 3.23. The van der Waals surface area contributed by atoms with Crippen LogP contribution in [0.1, 0.15) is 16.1 Å². The fraction of sp³-hybridized carbons (Fsp3) is 0.158. The third kappa shape index (κ3) is 3.50. The number of phenolic OH excluding ortho intramolecular Hbond substituents is 1. The van der Waals surface area contributed by atoms with Crippen LogP contribution in [-0.4, -0.2) is 23.2 Å². The molecule has 0 aliphatic rings. The highest BCUT2D eigenvalue weighted by Crippen LogP contribution is 2.30. The highest BCUT2D eigenvalue weighted by Gasteiger charge is 2.22. The number of aromatic amines is 1. The van der Waals surface area contributed by atoms with Crippen LogP contribution in [0.15, 0.2) is 42.5 Å². The number of phenols is 1. The lowest BCUT2D eigenvalue weighted by Gasteiger charge is -2.06. The third-order valence-electron chi connectivity index (χ3n) is 4.10. The van der Waals surface area contributed by atoms with Gasteiger partial charge in [0.05, 0.1) is 7.11 Å². The van der Waals surface area contributed by atoms with Crippen molar-refractivity contribution in [2.45, 2.75) is 6.92 Å². The number of carbonyl (C=O) groups excluding carboxylic acids is 1. The number of H-pyrrole nitrogens is 1. The molecule has 1 amide bonds. The van der Waals surface area contributed by atoms with E-state index >= 15 is 0 Å². The number of ether oxygens (including phenoxy) is 1. The molecule has 7 heteroatoms. The number of amides is 1. The summed E-state index contributed by atoms with van der Waals surface area (Å²) in [6, 6.07) is 12.1. The van der Waals surface area contributed by atoms with Crippen LogP contribution in [0.25, 0.3) is 11.3 Å². The van der Waals surface area contributed by atoms with Crippen LogP contribution >= 0.6 is 11.6 Å². The average molecular weight is 373 g/mol. The summed E-state index contributed by atoms with van der Waals surface area (Å²) >= 11 is 6.00. The van der Waals surface area contributed by atoms with Gasteiger partial charge in [0.2, 0.25) is 0 Å². The number of halogens is 1. The van der Waals surface area contributed by atoms with Crippen LogP contribution in [0, 0.1) is 6.92 Å². The summed E-state index contributed by atoms with van der Waals surface area (Å²) in [4.78, 5) is 12.6. The minimum Gasteiger partial charge on any atom is -0.504 e. The van der Waals surface area contributed by atoms with Crippen molar-refractivity contribution in [1.29, 1.82) is 0 Å². The molecule has 3 N–H and O–H groups in total. The van der Waals surface area contributed by atoms with E-state index in [1.54, 1.807) is 48.1 Å². The summed E-state index contributed by atoms with van der Waals surface area (Å²) in [5.74, 6) is 0.153. The topological polar surface area (TPSA) is 78.2 Å². The van der Waals surface area contributed by atoms with Crippen molar-refractivity contribution in [3.8, 4) is 22.8 Å². The molecule has 26 heavy (non-hydrogen) atoms. The standard InChI is InChI=1S/C19H18ClN3O3/c1-11-4-6-13(20)9-14(11)21-19(25)16-10-15(22-23(16)2)12-5-7-18(26-3)17(24)8-12/h4-10H,1-3H3,(H2,21,24,25)/p+1. The second kappa shape index (κ2) is 7.09. The first-order chi connectivity index (χ1) is 12.4. The van der Waals surface area contributed by atoms with Gasteiger partial charge in [-0.05, 0) is 42.8 Å². The molecule has 134 valence electrons. The van der Waals surface area contributed by atoms with E-state index in [4.69, 9.17) is 16.3 Å². The van der Waals surface area contributed by atoms with Gasteiger partial charge in [-0.2, -0.15) is 5.10 Å². The van der Waals surface area contributed by atoms with E-state index in [1.165, 1.54) is 7.11 Å². The predicted molar refractivity (Wildman–Crippen MR) is 99.8 cm³/mol. The zero-order valence-corrected chi connectivity index (χ0v) is 15.4. The summed E-state index contributed by atoms with van der Waals surface area (Å²) < 4.78 is 6.67. The Balaban J connectivity index is 1.89. The van der Waals surface area contributed by atoms with Crippen LogP contribution in [0.4, 0.5) is 5.69 Å². The number of carbonyl (C=O) groups is 1. The first-order valence-corrected chi connectivity index (χ1v) is 8.30. The van der Waals surface area contributed by atoms with Gasteiger partial charge in [-0.1, -0.05) is 17.7 Å². The van der Waals surface area contributed by atoms with E-state index in [-0.39, 0.29) is 11.7 Å². The molecule has 0 aliphatic heterocycles. The Hall–Kier alpha value is -2.99. The van der Waals surface area contributed by atoms with Crippen molar-refractivity contribution in [3.05, 3.63) is 58.7 Å². The van der Waals surface area contributed by atoms with Gasteiger partial charge in [0.15, 0.2) is 18.5 Å². The molecule has 2 aromatic carbocycles. The Morgan fingerprint density at radius 1 is 1.23 bits per heavy atom. The maximum atomic E-state index is 12.6. The third-order valence-corrected chi connectivity index (χ3v) is 4.34. The Morgan fingerprint density at radius 2 is 2.00 bits per heavy atom. The van der Waals surface area contributed by atoms with E-state index in [9.17, 15) is 9.90 Å². The van der Waals surface area contributed by atoms with Gasteiger partial charge in [0.1, 0.15) is 5.69 Å². The van der Waals surface area contributed by atoms with Crippen molar-refractivity contribution in [2.75, 3.05) is 12.4 Å². The van der Waals surface area contributed by atoms with E-state index < -0.39 is 0 Å². The summed E-state index contributed by atoms with van der Waals surface area (Å²) in [6.07, 6.45) is 0. The van der Waals surface area contributed by atoms with E-state index in [0.29, 0.717) is 27.8 Å². The van der Waals surface area contributed by atoms with Gasteiger partial charge < -0.3 is 15.2 Å². The molecule has 3 aromatic rings. The molecule has 6 nitrogen and oxygen atoms in total. The van der Waals surface area contributed by atoms with Crippen molar-refractivity contribution >= 4 is 23.2 Å². The molecule has 3 rings (SSSR count). The highest BCUT2D eigenvalue weighted by molar-refractivity contribution is 6.31. The lowest BCUT2D eigenvalue weighted by Crippen LogP contribution is -2.38. The fourth-order valence-electron chi connectivity index (χ4n) is 2.65. The van der Waals surface area contributed by atoms with Gasteiger partial charge in [0, 0.05) is 22.3 Å². The fourth-order valence-corrected chi connectivity index (χ4v) is 2.82. The maximum absolute atomic E-state index is 12.6. The van der Waals surface area contributed by atoms with Crippen molar-refractivity contribution in [3.63, 3.8) is 0 Å². The molecule has 0 radical (unpaired) electrons. The first kappa shape index (κ1) is 17.8. The molecule has 1 aromatic heterocycles. The number of hydrogen-bond donors (Lipinski definition) is 3. The molecular weight excluding hydrogens is 354 g/mol. The lowest BCUT2D eigenvalue weighted by molar-refractivity contribution is -0.727. The number of nitrogens with one attached hydrogen (secondary N) is 2. The molecule has 0 spiro atoms. The van der Waals surface area contributed by atoms with Crippen LogP contribution in [0.5, 0.6) is 11.5 Å². The van der Waals surface area contributed by atoms with Crippen molar-refractivity contribution in [1.82, 2.24) is 5.10 Å². The Morgan fingerprint density at radius 3 is 2.69 bits per heavy atom. The second-order valence-electron chi connectivity index (χ2n) is 5.91. The molecule has 1 heterocycles. The maximum Gasteiger partial charge on any atom is 0.322 e. The summed E-state index contributed by atoms with van der Waals surface area (Å²) in [5, 5.41) is 16.5. The largest absolute Gasteiger partial charge is 0.504 e. The molecular formula is C19H19ClN3O3+. The summed E-state index contributed by atoms with van der Waals surface area (Å²) in [5.41, 5.74) is 3.44. The Bertz CT molecular complexity index is 982. The Kier molecular flexibility index (Phi) is 4.86. The second-order valence-corrected chi connectivity index (χ2v) is 6.35. The molecule has 0 aliphatic carbocycles. The van der Waals surface area contributed by atoms with Crippen LogP contribution in [0.2, 0.25) is 5.02 Å². The highest BCUT2D eigenvalue weighted by atomic mass is 35.5. The molecule has 0 fully saturated rings. The quantitative estimate of drug-likeness (QED) is 0.614. The number of anilines is 1. The number of hydrogen-bond acceptors (Lipinski definition) is 3. The zero-order chi connectivity index (χ0) is 18.8.